The van der Waals surface area contributed by atoms with Gasteiger partial charge in [0.1, 0.15) is 5.75 Å². The van der Waals surface area contributed by atoms with Gasteiger partial charge in [-0.2, -0.15) is 0 Å². The van der Waals surface area contributed by atoms with Crippen LogP contribution in [0.5, 0.6) is 5.75 Å². The van der Waals surface area contributed by atoms with E-state index in [0.29, 0.717) is 20.1 Å². The highest BCUT2D eigenvalue weighted by atomic mass is 79.9. The van der Waals surface area contributed by atoms with Crippen LogP contribution in [0.2, 0.25) is 0 Å². The first-order chi connectivity index (χ1) is 9.41. The molecule has 2 aromatic carbocycles. The lowest BCUT2D eigenvalue weighted by Crippen LogP contribution is -2.22. The fraction of sp³-hybridized carbons (Fsp3) is 0. The van der Waals surface area contributed by atoms with Gasteiger partial charge >= 0.3 is 0 Å². The van der Waals surface area contributed by atoms with Crippen molar-refractivity contribution in [3.05, 3.63) is 55.5 Å². The van der Waals surface area contributed by atoms with Crippen molar-refractivity contribution >= 4 is 49.1 Å². The molecule has 1 aliphatic rings. The summed E-state index contributed by atoms with van der Waals surface area (Å²) in [6.07, 6.45) is 0. The average Bonchev–Trinajstić information content (AvgIpc) is 2.41. The summed E-state index contributed by atoms with van der Waals surface area (Å²) in [5.41, 5.74) is 6.64. The fourth-order valence-corrected chi connectivity index (χ4v) is 3.27. The minimum absolute atomic E-state index is 0.0690. The van der Waals surface area contributed by atoms with Crippen molar-refractivity contribution in [3.8, 4) is 5.75 Å². The smallest absolute Gasteiger partial charge is 0.195 e. The minimum Gasteiger partial charge on any atom is -0.506 e. The number of carbonyl (C=O) groups excluding carboxylic acids is 2. The molecule has 0 amide bonds. The van der Waals surface area contributed by atoms with Gasteiger partial charge in [-0.15, -0.1) is 0 Å². The predicted octanol–water partition coefficient (Wildman–Crippen LogP) is 3.27. The molecule has 0 unspecified atom stereocenters. The number of halogens is 2. The number of anilines is 1. The highest BCUT2D eigenvalue weighted by Crippen LogP contribution is 2.38. The molecule has 0 fully saturated rings. The van der Waals surface area contributed by atoms with Gasteiger partial charge < -0.3 is 10.8 Å². The van der Waals surface area contributed by atoms with Crippen LogP contribution in [0.4, 0.5) is 5.69 Å². The van der Waals surface area contributed by atoms with Crippen molar-refractivity contribution in [2.45, 2.75) is 0 Å². The van der Waals surface area contributed by atoms with E-state index < -0.39 is 0 Å². The monoisotopic (exact) mass is 395 g/mol. The van der Waals surface area contributed by atoms with Crippen molar-refractivity contribution < 1.29 is 14.7 Å². The summed E-state index contributed by atoms with van der Waals surface area (Å²) in [5, 5.41) is 9.64. The van der Waals surface area contributed by atoms with Crippen LogP contribution in [0.15, 0.2) is 33.2 Å². The number of phenolic OH excluding ortho intramolecular Hbond substituents is 1. The maximum Gasteiger partial charge on any atom is 0.195 e. The summed E-state index contributed by atoms with van der Waals surface area (Å²) >= 11 is 6.58. The number of phenols is 1. The summed E-state index contributed by atoms with van der Waals surface area (Å²) in [7, 11) is 0. The number of nitrogen functional groups attached to an aromatic ring is 1. The Balaban J connectivity index is 2.40. The van der Waals surface area contributed by atoms with Gasteiger partial charge in [0.15, 0.2) is 11.6 Å². The molecule has 1 aliphatic carbocycles. The average molecular weight is 397 g/mol. The SMILES string of the molecule is Nc1cc2c(cc1O)C(=O)c1c(Br)ccc(Br)c1C2=O. The Hall–Kier alpha value is -1.66. The number of ketones is 2. The molecule has 0 saturated heterocycles. The Morgan fingerprint density at radius 3 is 1.85 bits per heavy atom. The number of carbonyl (C=O) groups is 2. The second-order valence-electron chi connectivity index (χ2n) is 4.39. The number of nitrogens with two attached hydrogens (primary N) is 1. The molecule has 0 radical (unpaired) electrons. The molecule has 4 nitrogen and oxygen atoms in total. The van der Waals surface area contributed by atoms with Crippen LogP contribution in [-0.2, 0) is 0 Å². The van der Waals surface area contributed by atoms with Crippen molar-refractivity contribution in [1.82, 2.24) is 0 Å². The third-order valence-corrected chi connectivity index (χ3v) is 4.54. The van der Waals surface area contributed by atoms with Gasteiger partial charge in [-0.3, -0.25) is 9.59 Å². The molecule has 0 heterocycles. The van der Waals surface area contributed by atoms with Gasteiger partial charge in [-0.1, -0.05) is 31.9 Å². The molecule has 100 valence electrons. The Labute approximate surface area is 130 Å². The van der Waals surface area contributed by atoms with Crippen molar-refractivity contribution in [1.29, 1.82) is 0 Å². The lowest BCUT2D eigenvalue weighted by Gasteiger charge is -2.20. The van der Waals surface area contributed by atoms with E-state index in [0.717, 1.165) is 0 Å². The molecule has 3 N–H and O–H groups in total. The molecule has 0 aromatic heterocycles. The lowest BCUT2D eigenvalue weighted by molar-refractivity contribution is 0.0977. The van der Waals surface area contributed by atoms with Crippen LogP contribution < -0.4 is 5.73 Å². The van der Waals surface area contributed by atoms with Crippen molar-refractivity contribution in [2.75, 3.05) is 5.73 Å². The van der Waals surface area contributed by atoms with E-state index in [-0.39, 0.29) is 34.1 Å². The van der Waals surface area contributed by atoms with Gasteiger partial charge in [-0.25, -0.2) is 0 Å². The molecule has 2 aromatic rings. The lowest BCUT2D eigenvalue weighted by atomic mass is 9.83. The second kappa shape index (κ2) is 4.43. The maximum absolute atomic E-state index is 12.5. The molecular formula is C14H7Br2NO3. The third kappa shape index (κ3) is 1.72. The molecule has 0 bridgehead atoms. The number of hydrogen-bond acceptors (Lipinski definition) is 4. The Morgan fingerprint density at radius 1 is 0.900 bits per heavy atom. The van der Waals surface area contributed by atoms with Crippen molar-refractivity contribution in [3.63, 3.8) is 0 Å². The van der Waals surface area contributed by atoms with Gasteiger partial charge in [0, 0.05) is 31.2 Å². The molecular weight excluding hydrogens is 390 g/mol. The van der Waals surface area contributed by atoms with Gasteiger partial charge in [0.05, 0.1) is 5.69 Å². The van der Waals surface area contributed by atoms with E-state index in [9.17, 15) is 14.7 Å². The number of aromatic hydroxyl groups is 1. The quantitative estimate of drug-likeness (QED) is 0.451. The zero-order valence-electron chi connectivity index (χ0n) is 9.91. The fourth-order valence-electron chi connectivity index (χ4n) is 2.25. The van der Waals surface area contributed by atoms with E-state index in [1.54, 1.807) is 12.1 Å². The van der Waals surface area contributed by atoms with Crippen LogP contribution in [0, 0.1) is 0 Å². The molecule has 0 saturated carbocycles. The highest BCUT2D eigenvalue weighted by Gasteiger charge is 2.33. The molecule has 0 aliphatic heterocycles. The van der Waals surface area contributed by atoms with E-state index >= 15 is 0 Å². The molecule has 3 rings (SSSR count). The van der Waals surface area contributed by atoms with Crippen LogP contribution in [-0.4, -0.2) is 16.7 Å². The maximum atomic E-state index is 12.5. The normalized spacial score (nSPS) is 13.1. The first-order valence-corrected chi connectivity index (χ1v) is 7.20. The minimum atomic E-state index is -0.321. The summed E-state index contributed by atoms with van der Waals surface area (Å²) in [4.78, 5) is 25.1. The van der Waals surface area contributed by atoms with Crippen LogP contribution in [0.3, 0.4) is 0 Å². The topological polar surface area (TPSA) is 80.4 Å². The molecule has 20 heavy (non-hydrogen) atoms. The summed E-state index contributed by atoms with van der Waals surface area (Å²) in [6, 6.07) is 5.96. The van der Waals surface area contributed by atoms with Gasteiger partial charge in [0.25, 0.3) is 0 Å². The number of benzene rings is 2. The first-order valence-electron chi connectivity index (χ1n) is 5.61. The number of rotatable bonds is 0. The third-order valence-electron chi connectivity index (χ3n) is 3.21. The van der Waals surface area contributed by atoms with E-state index in [1.807, 2.05) is 0 Å². The summed E-state index contributed by atoms with van der Waals surface area (Å²) < 4.78 is 1.09. The largest absolute Gasteiger partial charge is 0.506 e. The zero-order chi connectivity index (χ0) is 14.6. The second-order valence-corrected chi connectivity index (χ2v) is 6.10. The standard InChI is InChI=1S/C14H7Br2NO3/c15-7-1-2-8(16)12-11(7)13(19)5-3-9(17)10(18)4-6(5)14(12)20/h1-4,18H,17H2. The highest BCUT2D eigenvalue weighted by molar-refractivity contribution is 9.11. The van der Waals surface area contributed by atoms with Crippen LogP contribution in [0.1, 0.15) is 31.8 Å². The molecule has 0 atom stereocenters. The number of fused-ring (bicyclic) bond motifs is 2. The van der Waals surface area contributed by atoms with E-state index in [4.69, 9.17) is 5.73 Å². The summed E-state index contributed by atoms with van der Waals surface area (Å²) in [6.45, 7) is 0. The number of hydrogen-bond donors (Lipinski definition) is 2. The Kier molecular flexibility index (Phi) is 2.95. The Bertz CT molecular complexity index is 733. The van der Waals surface area contributed by atoms with E-state index in [2.05, 4.69) is 31.9 Å². The van der Waals surface area contributed by atoms with E-state index in [1.165, 1.54) is 12.1 Å². The van der Waals surface area contributed by atoms with Crippen LogP contribution in [0.25, 0.3) is 0 Å². The first kappa shape index (κ1) is 13.3. The van der Waals surface area contributed by atoms with Gasteiger partial charge in [0.2, 0.25) is 0 Å². The van der Waals surface area contributed by atoms with Crippen LogP contribution >= 0.6 is 31.9 Å². The van der Waals surface area contributed by atoms with Gasteiger partial charge in [-0.05, 0) is 24.3 Å². The van der Waals surface area contributed by atoms with Crippen molar-refractivity contribution in [2.24, 2.45) is 0 Å². The Morgan fingerprint density at radius 2 is 1.35 bits per heavy atom. The molecule has 6 heteroatoms. The summed E-state index contributed by atoms with van der Waals surface area (Å²) in [5.74, 6) is -0.827. The predicted molar refractivity (Wildman–Crippen MR) is 81.2 cm³/mol. The zero-order valence-corrected chi connectivity index (χ0v) is 13.1. The molecule has 0 spiro atoms.